The number of nitrogens with zero attached hydrogens (tertiary/aromatic N) is 1. The van der Waals surface area contributed by atoms with Gasteiger partial charge in [-0.2, -0.15) is 0 Å². The second kappa shape index (κ2) is 8.50. The normalized spacial score (nSPS) is 11.3. The molecule has 0 aliphatic rings. The third-order valence-corrected chi connectivity index (χ3v) is 4.21. The molecule has 0 aliphatic carbocycles. The minimum atomic E-state index is -0.298. The van der Waals surface area contributed by atoms with E-state index in [0.29, 0.717) is 5.56 Å². The van der Waals surface area contributed by atoms with Crippen molar-refractivity contribution in [3.63, 3.8) is 0 Å². The number of aliphatic imine (C=N–C) groups is 1. The van der Waals surface area contributed by atoms with Crippen molar-refractivity contribution in [1.82, 2.24) is 0 Å². The highest BCUT2D eigenvalue weighted by Gasteiger charge is 2.01. The summed E-state index contributed by atoms with van der Waals surface area (Å²) >= 11 is 3.40. The zero-order valence-electron chi connectivity index (χ0n) is 13.8. The SMILES string of the molecule is O=C(C=Cc1ccc(F)cc1)c1ccc(N=Cc2ccc(Br)cc2)cc1. The number of allylic oxidation sites excluding steroid dienone is 1. The molecule has 4 heteroatoms. The first kappa shape index (κ1) is 18.0. The number of rotatable bonds is 5. The number of hydrogen-bond acceptors (Lipinski definition) is 2. The quantitative estimate of drug-likeness (QED) is 0.279. The lowest BCUT2D eigenvalue weighted by Crippen LogP contribution is -1.93. The first-order valence-corrected chi connectivity index (χ1v) is 8.77. The topological polar surface area (TPSA) is 29.4 Å². The first-order chi connectivity index (χ1) is 12.6. The number of halogens is 2. The summed E-state index contributed by atoms with van der Waals surface area (Å²) in [6, 6.07) is 20.9. The number of ketones is 1. The fourth-order valence-corrected chi connectivity index (χ4v) is 2.52. The third-order valence-electron chi connectivity index (χ3n) is 3.68. The lowest BCUT2D eigenvalue weighted by molar-refractivity contribution is 0.104. The summed E-state index contributed by atoms with van der Waals surface area (Å²) in [5, 5.41) is 0. The van der Waals surface area contributed by atoms with Gasteiger partial charge in [0.2, 0.25) is 0 Å². The highest BCUT2D eigenvalue weighted by Crippen LogP contribution is 2.15. The lowest BCUT2D eigenvalue weighted by Gasteiger charge is -1.98. The van der Waals surface area contributed by atoms with Crippen LogP contribution in [0.15, 0.2) is 88.3 Å². The average molecular weight is 408 g/mol. The average Bonchev–Trinajstić information content (AvgIpc) is 2.67. The standard InChI is InChI=1S/C22H15BrFNO/c23-19-8-1-17(2-9-19)15-25-21-12-6-18(7-13-21)22(26)14-5-16-3-10-20(24)11-4-16/h1-15H. The van der Waals surface area contributed by atoms with Crippen molar-refractivity contribution in [1.29, 1.82) is 0 Å². The van der Waals surface area contributed by atoms with Crippen LogP contribution < -0.4 is 0 Å². The Labute approximate surface area is 159 Å². The minimum absolute atomic E-state index is 0.113. The summed E-state index contributed by atoms with van der Waals surface area (Å²) in [4.78, 5) is 16.6. The Bertz CT molecular complexity index is 943. The Morgan fingerprint density at radius 2 is 1.46 bits per heavy atom. The van der Waals surface area contributed by atoms with E-state index in [-0.39, 0.29) is 11.6 Å². The van der Waals surface area contributed by atoms with Gasteiger partial charge < -0.3 is 0 Å². The molecule has 0 saturated carbocycles. The fraction of sp³-hybridized carbons (Fsp3) is 0. The molecule has 0 aliphatic heterocycles. The maximum atomic E-state index is 12.9. The molecule has 0 heterocycles. The summed E-state index contributed by atoms with van der Waals surface area (Å²) in [5.74, 6) is -0.412. The molecule has 3 rings (SSSR count). The van der Waals surface area contributed by atoms with Crippen molar-refractivity contribution in [2.45, 2.75) is 0 Å². The van der Waals surface area contributed by atoms with E-state index >= 15 is 0 Å². The van der Waals surface area contributed by atoms with Crippen LogP contribution in [0.2, 0.25) is 0 Å². The number of benzene rings is 3. The minimum Gasteiger partial charge on any atom is -0.289 e. The zero-order valence-corrected chi connectivity index (χ0v) is 15.4. The van der Waals surface area contributed by atoms with Gasteiger partial charge in [-0.25, -0.2) is 4.39 Å². The maximum absolute atomic E-state index is 12.9. The van der Waals surface area contributed by atoms with E-state index in [9.17, 15) is 9.18 Å². The smallest absolute Gasteiger partial charge is 0.185 e. The molecule has 0 aromatic heterocycles. The van der Waals surface area contributed by atoms with Gasteiger partial charge in [-0.05, 0) is 65.7 Å². The van der Waals surface area contributed by atoms with Crippen LogP contribution in [0.25, 0.3) is 6.08 Å². The van der Waals surface area contributed by atoms with Gasteiger partial charge in [0, 0.05) is 16.3 Å². The number of carbonyl (C=O) groups excluding carboxylic acids is 1. The Hall–Kier alpha value is -2.85. The summed E-state index contributed by atoms with van der Waals surface area (Å²) in [6.07, 6.45) is 4.92. The van der Waals surface area contributed by atoms with Crippen molar-refractivity contribution in [3.8, 4) is 0 Å². The molecule has 2 nitrogen and oxygen atoms in total. The first-order valence-electron chi connectivity index (χ1n) is 7.98. The molecule has 0 bridgehead atoms. The largest absolute Gasteiger partial charge is 0.289 e. The van der Waals surface area contributed by atoms with Crippen molar-refractivity contribution in [2.75, 3.05) is 0 Å². The Morgan fingerprint density at radius 3 is 2.12 bits per heavy atom. The molecular formula is C22H15BrFNO. The molecule has 0 saturated heterocycles. The van der Waals surface area contributed by atoms with Crippen LogP contribution in [0.1, 0.15) is 21.5 Å². The second-order valence-electron chi connectivity index (χ2n) is 5.61. The van der Waals surface area contributed by atoms with Gasteiger partial charge in [-0.1, -0.05) is 46.3 Å². The second-order valence-corrected chi connectivity index (χ2v) is 6.52. The van der Waals surface area contributed by atoms with Crippen LogP contribution in [-0.4, -0.2) is 12.0 Å². The van der Waals surface area contributed by atoms with Crippen molar-refractivity contribution in [2.24, 2.45) is 4.99 Å². The van der Waals surface area contributed by atoms with E-state index in [1.54, 1.807) is 48.7 Å². The highest BCUT2D eigenvalue weighted by atomic mass is 79.9. The van der Waals surface area contributed by atoms with Crippen molar-refractivity contribution in [3.05, 3.63) is 106 Å². The number of hydrogen-bond donors (Lipinski definition) is 0. The van der Waals surface area contributed by atoms with Crippen LogP contribution >= 0.6 is 15.9 Å². The summed E-state index contributed by atoms with van der Waals surface area (Å²) in [6.45, 7) is 0. The molecule has 128 valence electrons. The molecule has 3 aromatic carbocycles. The monoisotopic (exact) mass is 407 g/mol. The van der Waals surface area contributed by atoms with Gasteiger partial charge in [-0.3, -0.25) is 9.79 Å². The van der Waals surface area contributed by atoms with Gasteiger partial charge in [0.1, 0.15) is 5.82 Å². The van der Waals surface area contributed by atoms with E-state index in [1.165, 1.54) is 18.2 Å². The van der Waals surface area contributed by atoms with Crippen LogP contribution in [0.5, 0.6) is 0 Å². The molecule has 0 radical (unpaired) electrons. The van der Waals surface area contributed by atoms with Crippen molar-refractivity contribution >= 4 is 39.7 Å². The zero-order chi connectivity index (χ0) is 18.4. The van der Waals surface area contributed by atoms with Gasteiger partial charge in [0.05, 0.1) is 5.69 Å². The predicted octanol–water partition coefficient (Wildman–Crippen LogP) is 6.23. The Kier molecular flexibility index (Phi) is 5.87. The summed E-state index contributed by atoms with van der Waals surface area (Å²) in [5.41, 5.74) is 3.11. The van der Waals surface area contributed by atoms with E-state index in [2.05, 4.69) is 20.9 Å². The predicted molar refractivity (Wildman–Crippen MR) is 108 cm³/mol. The van der Waals surface area contributed by atoms with Crippen LogP contribution in [0.4, 0.5) is 10.1 Å². The molecule has 0 amide bonds. The molecule has 3 aromatic rings. The van der Waals surface area contributed by atoms with Crippen LogP contribution in [0.3, 0.4) is 0 Å². The van der Waals surface area contributed by atoms with Gasteiger partial charge in [0.15, 0.2) is 5.78 Å². The lowest BCUT2D eigenvalue weighted by atomic mass is 10.1. The Morgan fingerprint density at radius 1 is 0.846 bits per heavy atom. The van der Waals surface area contributed by atoms with Gasteiger partial charge >= 0.3 is 0 Å². The molecule has 0 spiro atoms. The van der Waals surface area contributed by atoms with Gasteiger partial charge in [-0.15, -0.1) is 0 Å². The van der Waals surface area contributed by atoms with E-state index in [1.807, 2.05) is 24.3 Å². The van der Waals surface area contributed by atoms with Gasteiger partial charge in [0.25, 0.3) is 0 Å². The Balaban J connectivity index is 1.65. The molecular weight excluding hydrogens is 393 g/mol. The molecule has 0 atom stereocenters. The summed E-state index contributed by atoms with van der Waals surface area (Å²) in [7, 11) is 0. The van der Waals surface area contributed by atoms with Crippen molar-refractivity contribution < 1.29 is 9.18 Å². The van der Waals surface area contributed by atoms with E-state index < -0.39 is 0 Å². The molecule has 0 unspecified atom stereocenters. The number of carbonyl (C=O) groups is 1. The third kappa shape index (κ3) is 5.07. The highest BCUT2D eigenvalue weighted by molar-refractivity contribution is 9.10. The van der Waals surface area contributed by atoms with Crippen LogP contribution in [0, 0.1) is 5.82 Å². The van der Waals surface area contributed by atoms with Crippen LogP contribution in [-0.2, 0) is 0 Å². The summed E-state index contributed by atoms with van der Waals surface area (Å²) < 4.78 is 13.9. The molecule has 26 heavy (non-hydrogen) atoms. The maximum Gasteiger partial charge on any atom is 0.185 e. The molecule has 0 fully saturated rings. The fourth-order valence-electron chi connectivity index (χ4n) is 2.25. The van der Waals surface area contributed by atoms with E-state index in [0.717, 1.165) is 21.3 Å². The molecule has 0 N–H and O–H groups in total. The van der Waals surface area contributed by atoms with E-state index in [4.69, 9.17) is 0 Å².